The molecule has 0 aromatic heterocycles. The summed E-state index contributed by atoms with van der Waals surface area (Å²) < 4.78 is 27.4. The lowest BCUT2D eigenvalue weighted by Gasteiger charge is -2.48. The SMILES string of the molecule is CCCS(=O)(=O)N1Cc2ccccc2C2(CCN(CC3CCCC3)CC2)C1. The van der Waals surface area contributed by atoms with Crippen LogP contribution >= 0.6 is 0 Å². The topological polar surface area (TPSA) is 40.6 Å². The van der Waals surface area contributed by atoms with E-state index in [9.17, 15) is 8.42 Å². The fourth-order valence-electron chi connectivity index (χ4n) is 5.58. The van der Waals surface area contributed by atoms with Gasteiger partial charge >= 0.3 is 0 Å². The van der Waals surface area contributed by atoms with Crippen molar-refractivity contribution in [3.05, 3.63) is 35.4 Å². The maximum Gasteiger partial charge on any atom is 0.214 e. The van der Waals surface area contributed by atoms with Gasteiger partial charge in [-0.25, -0.2) is 8.42 Å². The van der Waals surface area contributed by atoms with Crippen LogP contribution in [0.5, 0.6) is 0 Å². The average Bonchev–Trinajstić information content (AvgIpc) is 3.17. The maximum atomic E-state index is 12.8. The van der Waals surface area contributed by atoms with Crippen LogP contribution in [-0.2, 0) is 22.0 Å². The molecule has 5 heteroatoms. The molecule has 0 radical (unpaired) electrons. The van der Waals surface area contributed by atoms with E-state index in [1.54, 1.807) is 4.31 Å². The number of benzene rings is 1. The minimum absolute atomic E-state index is 0.00182. The predicted octanol–water partition coefficient (Wildman–Crippen LogP) is 3.77. The first-order valence-corrected chi connectivity index (χ1v) is 12.4. The van der Waals surface area contributed by atoms with Crippen molar-refractivity contribution in [2.45, 2.75) is 63.8 Å². The molecule has 1 saturated carbocycles. The molecule has 1 aromatic carbocycles. The second kappa shape index (κ2) is 7.84. The lowest BCUT2D eigenvalue weighted by molar-refractivity contribution is 0.116. The first kappa shape index (κ1) is 19.4. The lowest BCUT2D eigenvalue weighted by Crippen LogP contribution is -2.53. The second-order valence-corrected chi connectivity index (χ2v) is 11.1. The summed E-state index contributed by atoms with van der Waals surface area (Å²) in [4.78, 5) is 2.64. The second-order valence-electron chi connectivity index (χ2n) is 8.97. The highest BCUT2D eigenvalue weighted by atomic mass is 32.2. The molecule has 0 atom stereocenters. The largest absolute Gasteiger partial charge is 0.303 e. The highest BCUT2D eigenvalue weighted by Gasteiger charge is 2.44. The van der Waals surface area contributed by atoms with E-state index in [1.807, 2.05) is 6.92 Å². The quantitative estimate of drug-likeness (QED) is 0.768. The van der Waals surface area contributed by atoms with Gasteiger partial charge in [-0.05, 0) is 62.2 Å². The highest BCUT2D eigenvalue weighted by Crippen LogP contribution is 2.43. The van der Waals surface area contributed by atoms with Crippen LogP contribution in [0.15, 0.2) is 24.3 Å². The lowest BCUT2D eigenvalue weighted by atomic mass is 9.69. The van der Waals surface area contributed by atoms with Crippen molar-refractivity contribution >= 4 is 10.0 Å². The Morgan fingerprint density at radius 2 is 1.81 bits per heavy atom. The molecular weight excluding hydrogens is 356 g/mol. The van der Waals surface area contributed by atoms with Crippen LogP contribution in [0.2, 0.25) is 0 Å². The van der Waals surface area contributed by atoms with E-state index >= 15 is 0 Å². The number of sulfonamides is 1. The molecule has 1 saturated heterocycles. The summed E-state index contributed by atoms with van der Waals surface area (Å²) in [7, 11) is -3.16. The first-order chi connectivity index (χ1) is 13.0. The molecule has 27 heavy (non-hydrogen) atoms. The Kier molecular flexibility index (Phi) is 5.64. The van der Waals surface area contributed by atoms with Gasteiger partial charge in [0.2, 0.25) is 10.0 Å². The van der Waals surface area contributed by atoms with Gasteiger partial charge in [0.25, 0.3) is 0 Å². The molecule has 150 valence electrons. The van der Waals surface area contributed by atoms with Gasteiger partial charge in [-0.15, -0.1) is 0 Å². The fraction of sp³-hybridized carbons (Fsp3) is 0.727. The first-order valence-electron chi connectivity index (χ1n) is 10.8. The molecule has 0 unspecified atom stereocenters. The summed E-state index contributed by atoms with van der Waals surface area (Å²) in [6, 6.07) is 8.57. The Labute approximate surface area is 165 Å². The molecule has 2 aliphatic heterocycles. The molecule has 0 N–H and O–H groups in total. The van der Waals surface area contributed by atoms with E-state index in [1.165, 1.54) is 43.4 Å². The minimum Gasteiger partial charge on any atom is -0.303 e. The summed E-state index contributed by atoms with van der Waals surface area (Å²) in [5, 5.41) is 0. The zero-order chi connectivity index (χ0) is 18.9. The maximum absolute atomic E-state index is 12.8. The molecule has 4 rings (SSSR count). The Morgan fingerprint density at radius 1 is 1.11 bits per heavy atom. The highest BCUT2D eigenvalue weighted by molar-refractivity contribution is 7.89. The van der Waals surface area contributed by atoms with Crippen molar-refractivity contribution in [2.75, 3.05) is 31.9 Å². The van der Waals surface area contributed by atoms with E-state index in [2.05, 4.69) is 29.2 Å². The number of hydrogen-bond acceptors (Lipinski definition) is 3. The molecule has 2 heterocycles. The van der Waals surface area contributed by atoms with Crippen molar-refractivity contribution in [1.29, 1.82) is 0 Å². The van der Waals surface area contributed by atoms with Crippen molar-refractivity contribution in [3.8, 4) is 0 Å². The predicted molar refractivity (Wildman–Crippen MR) is 110 cm³/mol. The van der Waals surface area contributed by atoms with Crippen molar-refractivity contribution in [2.24, 2.45) is 5.92 Å². The van der Waals surface area contributed by atoms with Crippen LogP contribution in [0.4, 0.5) is 0 Å². The normalized spacial score (nSPS) is 24.3. The summed E-state index contributed by atoms with van der Waals surface area (Å²) in [6.07, 6.45) is 8.44. The molecular formula is C22H34N2O2S. The van der Waals surface area contributed by atoms with E-state index in [0.29, 0.717) is 19.5 Å². The van der Waals surface area contributed by atoms with Gasteiger partial charge in [-0.2, -0.15) is 4.31 Å². The Balaban J connectivity index is 1.54. The molecule has 1 aliphatic carbocycles. The number of rotatable bonds is 5. The van der Waals surface area contributed by atoms with Crippen LogP contribution in [-0.4, -0.2) is 49.6 Å². The number of likely N-dealkylation sites (tertiary alicyclic amines) is 1. The standard InChI is InChI=1S/C22H34N2O2S/c1-2-15-27(25,26)24-17-20-9-5-6-10-21(20)22(18-24)11-13-23(14-12-22)16-19-7-3-4-8-19/h5-6,9-10,19H,2-4,7-8,11-18H2,1H3. The third-order valence-corrected chi connectivity index (χ3v) is 9.04. The van der Waals surface area contributed by atoms with Gasteiger partial charge < -0.3 is 4.90 Å². The summed E-state index contributed by atoms with van der Waals surface area (Å²) in [5.41, 5.74) is 2.63. The molecule has 1 spiro atoms. The van der Waals surface area contributed by atoms with Gasteiger partial charge in [0.1, 0.15) is 0 Å². The van der Waals surface area contributed by atoms with Gasteiger partial charge in [0, 0.05) is 25.0 Å². The number of nitrogens with zero attached hydrogens (tertiary/aromatic N) is 2. The van der Waals surface area contributed by atoms with Crippen molar-refractivity contribution < 1.29 is 8.42 Å². The van der Waals surface area contributed by atoms with Crippen molar-refractivity contribution in [3.63, 3.8) is 0 Å². The average molecular weight is 391 g/mol. The zero-order valence-electron chi connectivity index (χ0n) is 16.7. The van der Waals surface area contributed by atoms with E-state index in [0.717, 1.165) is 31.8 Å². The van der Waals surface area contributed by atoms with Gasteiger partial charge in [0.05, 0.1) is 5.75 Å². The Bertz CT molecular complexity index is 747. The van der Waals surface area contributed by atoms with Crippen LogP contribution in [0.25, 0.3) is 0 Å². The third kappa shape index (κ3) is 3.96. The number of fused-ring (bicyclic) bond motifs is 2. The monoisotopic (exact) mass is 390 g/mol. The summed E-state index contributed by atoms with van der Waals surface area (Å²) in [5.74, 6) is 1.15. The van der Waals surface area contributed by atoms with E-state index in [4.69, 9.17) is 0 Å². The van der Waals surface area contributed by atoms with Crippen LogP contribution < -0.4 is 0 Å². The van der Waals surface area contributed by atoms with Crippen molar-refractivity contribution in [1.82, 2.24) is 9.21 Å². The molecule has 1 aromatic rings. The molecule has 0 bridgehead atoms. The fourth-order valence-corrected chi connectivity index (χ4v) is 7.13. The van der Waals surface area contributed by atoms with E-state index < -0.39 is 10.0 Å². The molecule has 4 nitrogen and oxygen atoms in total. The number of piperidine rings is 1. The van der Waals surface area contributed by atoms with Crippen LogP contribution in [0.1, 0.15) is 63.0 Å². The molecule has 3 aliphatic rings. The summed E-state index contributed by atoms with van der Waals surface area (Å²) in [6.45, 7) is 6.62. The van der Waals surface area contributed by atoms with Gasteiger partial charge in [0.15, 0.2) is 0 Å². The Morgan fingerprint density at radius 3 is 2.52 bits per heavy atom. The summed E-state index contributed by atoms with van der Waals surface area (Å²) >= 11 is 0. The number of hydrogen-bond donors (Lipinski definition) is 0. The third-order valence-electron chi connectivity index (χ3n) is 7.07. The van der Waals surface area contributed by atoms with E-state index in [-0.39, 0.29) is 11.2 Å². The van der Waals surface area contributed by atoms with Gasteiger partial charge in [-0.1, -0.05) is 44.0 Å². The molecule has 2 fully saturated rings. The van der Waals surface area contributed by atoms with Gasteiger partial charge in [-0.3, -0.25) is 0 Å². The Hall–Kier alpha value is -0.910. The smallest absolute Gasteiger partial charge is 0.214 e. The van der Waals surface area contributed by atoms with Crippen LogP contribution in [0.3, 0.4) is 0 Å². The molecule has 0 amide bonds. The zero-order valence-corrected chi connectivity index (χ0v) is 17.5. The minimum atomic E-state index is -3.16. The van der Waals surface area contributed by atoms with Crippen LogP contribution in [0, 0.1) is 5.92 Å².